The van der Waals surface area contributed by atoms with Gasteiger partial charge in [0.2, 0.25) is 5.91 Å². The van der Waals surface area contributed by atoms with Crippen molar-refractivity contribution in [3.05, 3.63) is 51.0 Å². The van der Waals surface area contributed by atoms with Gasteiger partial charge in [0.1, 0.15) is 5.75 Å². The van der Waals surface area contributed by atoms with Gasteiger partial charge < -0.3 is 15.4 Å². The summed E-state index contributed by atoms with van der Waals surface area (Å²) in [7, 11) is 1.52. The molecule has 7 heteroatoms. The van der Waals surface area contributed by atoms with Crippen LogP contribution >= 0.6 is 34.8 Å². The first kappa shape index (κ1) is 17.7. The maximum absolute atomic E-state index is 12.1. The Hall–Kier alpha value is -1.62. The summed E-state index contributed by atoms with van der Waals surface area (Å²) in [6, 6.07) is 8.42. The SMILES string of the molecule is COc1cc(Cl)c(C)cc1NC(=O)CNc1cc(Cl)cc(Cl)c1. The largest absolute Gasteiger partial charge is 0.495 e. The minimum absolute atomic E-state index is 0.0570. The summed E-state index contributed by atoms with van der Waals surface area (Å²) in [6.45, 7) is 1.91. The van der Waals surface area contributed by atoms with Crippen LogP contribution in [0.15, 0.2) is 30.3 Å². The van der Waals surface area contributed by atoms with Crippen molar-refractivity contribution in [3.63, 3.8) is 0 Å². The van der Waals surface area contributed by atoms with Crippen molar-refractivity contribution in [3.8, 4) is 5.75 Å². The molecule has 2 rings (SSSR count). The van der Waals surface area contributed by atoms with E-state index < -0.39 is 0 Å². The summed E-state index contributed by atoms with van der Waals surface area (Å²) in [5.41, 5.74) is 2.07. The van der Waals surface area contributed by atoms with Gasteiger partial charge in [0.15, 0.2) is 0 Å². The summed E-state index contributed by atoms with van der Waals surface area (Å²) in [6.07, 6.45) is 0. The topological polar surface area (TPSA) is 50.4 Å². The number of anilines is 2. The molecule has 2 aromatic carbocycles. The zero-order chi connectivity index (χ0) is 17.0. The highest BCUT2D eigenvalue weighted by atomic mass is 35.5. The van der Waals surface area contributed by atoms with Gasteiger partial charge in [-0.15, -0.1) is 0 Å². The van der Waals surface area contributed by atoms with Crippen LogP contribution in [0.25, 0.3) is 0 Å². The number of benzene rings is 2. The van der Waals surface area contributed by atoms with Gasteiger partial charge in [0.05, 0.1) is 19.3 Å². The summed E-state index contributed by atoms with van der Waals surface area (Å²) in [4.78, 5) is 12.1. The summed E-state index contributed by atoms with van der Waals surface area (Å²) < 4.78 is 5.22. The molecule has 0 heterocycles. The average Bonchev–Trinajstić information content (AvgIpc) is 2.47. The van der Waals surface area contributed by atoms with Gasteiger partial charge in [-0.2, -0.15) is 0 Å². The predicted octanol–water partition coefficient (Wildman–Crippen LogP) is 5.01. The van der Waals surface area contributed by atoms with Crippen LogP contribution in [0.4, 0.5) is 11.4 Å². The molecule has 0 atom stereocenters. The van der Waals surface area contributed by atoms with Gasteiger partial charge >= 0.3 is 0 Å². The third kappa shape index (κ3) is 4.93. The molecule has 23 heavy (non-hydrogen) atoms. The Morgan fingerprint density at radius 1 is 1.09 bits per heavy atom. The zero-order valence-corrected chi connectivity index (χ0v) is 14.8. The number of ether oxygens (including phenoxy) is 1. The van der Waals surface area contributed by atoms with Gasteiger partial charge in [-0.3, -0.25) is 4.79 Å². The zero-order valence-electron chi connectivity index (χ0n) is 12.5. The first-order valence-electron chi connectivity index (χ1n) is 6.73. The molecule has 0 bridgehead atoms. The maximum Gasteiger partial charge on any atom is 0.243 e. The van der Waals surface area contributed by atoms with E-state index in [0.29, 0.717) is 32.2 Å². The van der Waals surface area contributed by atoms with E-state index in [1.165, 1.54) is 7.11 Å². The number of aryl methyl sites for hydroxylation is 1. The second-order valence-electron chi connectivity index (χ2n) is 4.86. The lowest BCUT2D eigenvalue weighted by Gasteiger charge is -2.13. The first-order chi connectivity index (χ1) is 10.9. The van der Waals surface area contributed by atoms with Crippen LogP contribution in [0, 0.1) is 6.92 Å². The number of hydrogen-bond donors (Lipinski definition) is 2. The van der Waals surface area contributed by atoms with E-state index in [-0.39, 0.29) is 12.5 Å². The molecule has 0 aliphatic carbocycles. The van der Waals surface area contributed by atoms with Gasteiger partial charge in [0.25, 0.3) is 0 Å². The van der Waals surface area contributed by atoms with Crippen LogP contribution in [0.2, 0.25) is 15.1 Å². The van der Waals surface area contributed by atoms with Crippen LogP contribution in [0.5, 0.6) is 5.75 Å². The molecule has 0 saturated carbocycles. The fourth-order valence-corrected chi connectivity index (χ4v) is 2.64. The highest BCUT2D eigenvalue weighted by molar-refractivity contribution is 6.35. The van der Waals surface area contributed by atoms with Gasteiger partial charge in [0, 0.05) is 26.8 Å². The predicted molar refractivity (Wildman–Crippen MR) is 96.3 cm³/mol. The van der Waals surface area contributed by atoms with Crippen molar-refractivity contribution < 1.29 is 9.53 Å². The molecule has 1 amide bonds. The second-order valence-corrected chi connectivity index (χ2v) is 6.14. The van der Waals surface area contributed by atoms with Crippen molar-refractivity contribution in [2.45, 2.75) is 6.92 Å². The van der Waals surface area contributed by atoms with E-state index in [1.54, 1.807) is 30.3 Å². The Kier molecular flexibility index (Phi) is 5.99. The van der Waals surface area contributed by atoms with E-state index >= 15 is 0 Å². The van der Waals surface area contributed by atoms with Crippen LogP contribution in [-0.2, 0) is 4.79 Å². The van der Waals surface area contributed by atoms with Gasteiger partial charge in [-0.1, -0.05) is 34.8 Å². The van der Waals surface area contributed by atoms with Crippen molar-refractivity contribution in [1.82, 2.24) is 0 Å². The smallest absolute Gasteiger partial charge is 0.243 e. The van der Waals surface area contributed by atoms with Crippen LogP contribution < -0.4 is 15.4 Å². The highest BCUT2D eigenvalue weighted by Gasteiger charge is 2.10. The summed E-state index contributed by atoms with van der Waals surface area (Å²) in [5.74, 6) is 0.265. The molecule has 4 nitrogen and oxygen atoms in total. The van der Waals surface area contributed by atoms with Crippen LogP contribution in [-0.4, -0.2) is 19.6 Å². The molecular weight excluding hydrogens is 359 g/mol. The lowest BCUT2D eigenvalue weighted by molar-refractivity contribution is -0.114. The van der Waals surface area contributed by atoms with Crippen LogP contribution in [0.3, 0.4) is 0 Å². The Morgan fingerprint density at radius 2 is 1.74 bits per heavy atom. The van der Waals surface area contributed by atoms with Crippen molar-refractivity contribution in [1.29, 1.82) is 0 Å². The number of carbonyl (C=O) groups excluding carboxylic acids is 1. The number of amides is 1. The first-order valence-corrected chi connectivity index (χ1v) is 7.86. The van der Waals surface area contributed by atoms with E-state index in [1.807, 2.05) is 6.92 Å². The van der Waals surface area contributed by atoms with Crippen LogP contribution in [0.1, 0.15) is 5.56 Å². The molecule has 0 aliphatic heterocycles. The number of halogens is 3. The standard InChI is InChI=1S/C16H15Cl3N2O2/c1-9-3-14(15(23-2)7-13(9)19)21-16(22)8-20-12-5-10(17)4-11(18)6-12/h3-7,20H,8H2,1-2H3,(H,21,22). The molecule has 2 N–H and O–H groups in total. The van der Waals surface area contributed by atoms with Gasteiger partial charge in [-0.25, -0.2) is 0 Å². The van der Waals surface area contributed by atoms with E-state index in [2.05, 4.69) is 10.6 Å². The molecule has 0 spiro atoms. The Morgan fingerprint density at radius 3 is 2.35 bits per heavy atom. The molecule has 0 aliphatic rings. The minimum Gasteiger partial charge on any atom is -0.495 e. The van der Waals surface area contributed by atoms with Crippen molar-refractivity contribution in [2.24, 2.45) is 0 Å². The fourth-order valence-electron chi connectivity index (χ4n) is 1.96. The Balaban J connectivity index is 2.04. The number of nitrogens with one attached hydrogen (secondary N) is 2. The number of rotatable bonds is 5. The molecule has 0 unspecified atom stereocenters. The molecular formula is C16H15Cl3N2O2. The Bertz CT molecular complexity index is 715. The number of methoxy groups -OCH3 is 1. The molecule has 2 aromatic rings. The van der Waals surface area contributed by atoms with E-state index in [9.17, 15) is 4.79 Å². The van der Waals surface area contributed by atoms with Gasteiger partial charge in [-0.05, 0) is 36.8 Å². The normalized spacial score (nSPS) is 10.3. The molecule has 0 aromatic heterocycles. The Labute approximate surface area is 149 Å². The monoisotopic (exact) mass is 372 g/mol. The third-order valence-corrected chi connectivity index (χ3v) is 3.91. The van der Waals surface area contributed by atoms with E-state index in [4.69, 9.17) is 39.5 Å². The quantitative estimate of drug-likeness (QED) is 0.774. The third-order valence-electron chi connectivity index (χ3n) is 3.07. The average molecular weight is 374 g/mol. The second kappa shape index (κ2) is 7.77. The minimum atomic E-state index is -0.235. The highest BCUT2D eigenvalue weighted by Crippen LogP contribution is 2.31. The number of hydrogen-bond acceptors (Lipinski definition) is 3. The molecule has 0 fully saturated rings. The van der Waals surface area contributed by atoms with Crippen molar-refractivity contribution >= 4 is 52.1 Å². The molecule has 0 saturated heterocycles. The lowest BCUT2D eigenvalue weighted by atomic mass is 10.2. The molecule has 0 radical (unpaired) electrons. The molecule has 122 valence electrons. The van der Waals surface area contributed by atoms with Crippen molar-refractivity contribution in [2.75, 3.05) is 24.3 Å². The summed E-state index contributed by atoms with van der Waals surface area (Å²) >= 11 is 17.9. The summed E-state index contributed by atoms with van der Waals surface area (Å²) in [5, 5.41) is 7.31. The van der Waals surface area contributed by atoms with E-state index in [0.717, 1.165) is 5.56 Å². The fraction of sp³-hybridized carbons (Fsp3) is 0.188. The maximum atomic E-state index is 12.1. The number of carbonyl (C=O) groups is 1. The lowest BCUT2D eigenvalue weighted by Crippen LogP contribution is -2.22.